The van der Waals surface area contributed by atoms with E-state index >= 15 is 0 Å². The van der Waals surface area contributed by atoms with E-state index in [2.05, 4.69) is 19.8 Å². The van der Waals surface area contributed by atoms with Crippen LogP contribution >= 0.6 is 11.5 Å². The van der Waals surface area contributed by atoms with E-state index in [0.717, 1.165) is 10.6 Å². The minimum absolute atomic E-state index is 0.138. The summed E-state index contributed by atoms with van der Waals surface area (Å²) in [6.07, 6.45) is 0. The maximum absolute atomic E-state index is 12.3. The third-order valence-corrected chi connectivity index (χ3v) is 3.78. The molecule has 0 aliphatic heterocycles. The molecule has 0 bridgehead atoms. The van der Waals surface area contributed by atoms with Gasteiger partial charge in [0, 0.05) is 6.92 Å². The zero-order valence-electron chi connectivity index (χ0n) is 11.9. The van der Waals surface area contributed by atoms with Gasteiger partial charge in [-0.05, 0) is 30.6 Å². The van der Waals surface area contributed by atoms with Crippen molar-refractivity contribution in [1.29, 1.82) is 0 Å². The van der Waals surface area contributed by atoms with Gasteiger partial charge in [0.1, 0.15) is 6.61 Å². The standard InChI is InChI=1S/C14H12N4O3S/c1-8-12(22-18-15-8)7-20-14(19)11-6-4-3-5-10(11)13-17-16-9(2)21-13/h3-6H,7H2,1-2H3. The van der Waals surface area contributed by atoms with Crippen molar-refractivity contribution in [1.82, 2.24) is 19.8 Å². The molecule has 3 rings (SSSR count). The normalized spacial score (nSPS) is 10.6. The molecular weight excluding hydrogens is 304 g/mol. The fourth-order valence-electron chi connectivity index (χ4n) is 1.85. The Morgan fingerprint density at radius 2 is 2.05 bits per heavy atom. The molecule has 1 aromatic carbocycles. The number of hydrogen-bond donors (Lipinski definition) is 0. The van der Waals surface area contributed by atoms with Gasteiger partial charge in [0.2, 0.25) is 11.8 Å². The summed E-state index contributed by atoms with van der Waals surface area (Å²) in [6.45, 7) is 3.65. The molecule has 8 heteroatoms. The van der Waals surface area contributed by atoms with E-state index in [4.69, 9.17) is 9.15 Å². The summed E-state index contributed by atoms with van der Waals surface area (Å²) in [7, 11) is 0. The van der Waals surface area contributed by atoms with Crippen LogP contribution in [0.5, 0.6) is 0 Å². The van der Waals surface area contributed by atoms with Crippen LogP contribution in [0.4, 0.5) is 0 Å². The first-order chi connectivity index (χ1) is 10.6. The zero-order chi connectivity index (χ0) is 15.5. The Balaban J connectivity index is 1.82. The number of nitrogens with zero attached hydrogens (tertiary/aromatic N) is 4. The van der Waals surface area contributed by atoms with Crippen LogP contribution in [0.2, 0.25) is 0 Å². The first-order valence-electron chi connectivity index (χ1n) is 6.49. The van der Waals surface area contributed by atoms with Crippen LogP contribution in [0.3, 0.4) is 0 Å². The van der Waals surface area contributed by atoms with E-state index in [1.54, 1.807) is 31.2 Å². The molecule has 0 fully saturated rings. The maximum atomic E-state index is 12.3. The number of rotatable bonds is 4. The van der Waals surface area contributed by atoms with Gasteiger partial charge in [0.05, 0.1) is 21.7 Å². The Kier molecular flexibility index (Phi) is 3.92. The minimum Gasteiger partial charge on any atom is -0.456 e. The first kappa shape index (κ1) is 14.3. The Morgan fingerprint density at radius 1 is 1.23 bits per heavy atom. The number of aromatic nitrogens is 4. The number of aryl methyl sites for hydroxylation is 2. The maximum Gasteiger partial charge on any atom is 0.339 e. The second-order valence-corrected chi connectivity index (χ2v) is 5.37. The summed E-state index contributed by atoms with van der Waals surface area (Å²) in [5.41, 5.74) is 1.69. The summed E-state index contributed by atoms with van der Waals surface area (Å²) in [4.78, 5) is 13.1. The predicted octanol–water partition coefficient (Wildman–Crippen LogP) is 2.56. The molecule has 0 spiro atoms. The minimum atomic E-state index is -0.459. The monoisotopic (exact) mass is 316 g/mol. The van der Waals surface area contributed by atoms with Gasteiger partial charge in [-0.25, -0.2) is 4.79 Å². The number of carbonyl (C=O) groups excluding carboxylic acids is 1. The molecule has 112 valence electrons. The van der Waals surface area contributed by atoms with Gasteiger partial charge < -0.3 is 9.15 Å². The molecule has 0 unspecified atom stereocenters. The molecule has 0 N–H and O–H groups in total. The summed E-state index contributed by atoms with van der Waals surface area (Å²) < 4.78 is 14.5. The first-order valence-corrected chi connectivity index (χ1v) is 7.27. The van der Waals surface area contributed by atoms with Crippen LogP contribution in [0.25, 0.3) is 11.5 Å². The lowest BCUT2D eigenvalue weighted by Gasteiger charge is -2.06. The van der Waals surface area contributed by atoms with Gasteiger partial charge in [-0.2, -0.15) is 0 Å². The second kappa shape index (κ2) is 6.02. The lowest BCUT2D eigenvalue weighted by molar-refractivity contribution is 0.0476. The van der Waals surface area contributed by atoms with Crippen molar-refractivity contribution >= 4 is 17.5 Å². The van der Waals surface area contributed by atoms with Crippen molar-refractivity contribution < 1.29 is 13.9 Å². The lowest BCUT2D eigenvalue weighted by atomic mass is 10.1. The highest BCUT2D eigenvalue weighted by Gasteiger charge is 2.18. The van der Waals surface area contributed by atoms with Crippen LogP contribution in [-0.4, -0.2) is 25.8 Å². The topological polar surface area (TPSA) is 91.0 Å². The molecule has 3 aromatic rings. The van der Waals surface area contributed by atoms with E-state index in [1.165, 1.54) is 11.5 Å². The van der Waals surface area contributed by atoms with Gasteiger partial charge in [0.15, 0.2) is 0 Å². The average molecular weight is 316 g/mol. The molecule has 22 heavy (non-hydrogen) atoms. The van der Waals surface area contributed by atoms with Gasteiger partial charge in [0.25, 0.3) is 0 Å². The number of benzene rings is 1. The Bertz CT molecular complexity index is 812. The van der Waals surface area contributed by atoms with E-state index in [1.807, 2.05) is 6.92 Å². The van der Waals surface area contributed by atoms with E-state index in [9.17, 15) is 4.79 Å². The van der Waals surface area contributed by atoms with Gasteiger partial charge in [-0.3, -0.25) is 0 Å². The number of esters is 1. The zero-order valence-corrected chi connectivity index (χ0v) is 12.8. The second-order valence-electron chi connectivity index (χ2n) is 4.53. The summed E-state index contributed by atoms with van der Waals surface area (Å²) >= 11 is 1.21. The fourth-order valence-corrected chi connectivity index (χ4v) is 2.39. The molecular formula is C14H12N4O3S. The molecule has 0 amide bonds. The van der Waals surface area contributed by atoms with Crippen LogP contribution in [0.1, 0.15) is 26.8 Å². The number of hydrogen-bond acceptors (Lipinski definition) is 8. The van der Waals surface area contributed by atoms with Crippen molar-refractivity contribution in [2.24, 2.45) is 0 Å². The quantitative estimate of drug-likeness (QED) is 0.683. The predicted molar refractivity (Wildman–Crippen MR) is 78.2 cm³/mol. The average Bonchev–Trinajstić information content (AvgIpc) is 3.13. The molecule has 0 aliphatic rings. The van der Waals surface area contributed by atoms with Crippen LogP contribution in [0, 0.1) is 13.8 Å². The lowest BCUT2D eigenvalue weighted by Crippen LogP contribution is -2.07. The molecule has 0 saturated carbocycles. The van der Waals surface area contributed by atoms with Crippen molar-refractivity contribution in [2.75, 3.05) is 0 Å². The van der Waals surface area contributed by atoms with Gasteiger partial charge in [-0.1, -0.05) is 16.6 Å². The molecule has 7 nitrogen and oxygen atoms in total. The van der Waals surface area contributed by atoms with Crippen molar-refractivity contribution in [3.8, 4) is 11.5 Å². The molecule has 0 radical (unpaired) electrons. The van der Waals surface area contributed by atoms with Crippen LogP contribution < -0.4 is 0 Å². The van der Waals surface area contributed by atoms with Gasteiger partial charge in [-0.15, -0.1) is 15.3 Å². The highest BCUT2D eigenvalue weighted by atomic mass is 32.1. The summed E-state index contributed by atoms with van der Waals surface area (Å²) in [6, 6.07) is 6.95. The van der Waals surface area contributed by atoms with Crippen molar-refractivity contribution in [3.63, 3.8) is 0 Å². The Morgan fingerprint density at radius 3 is 2.73 bits per heavy atom. The smallest absolute Gasteiger partial charge is 0.339 e. The number of carbonyl (C=O) groups is 1. The van der Waals surface area contributed by atoms with Crippen molar-refractivity contribution in [3.05, 3.63) is 46.3 Å². The van der Waals surface area contributed by atoms with E-state index < -0.39 is 5.97 Å². The third-order valence-electron chi connectivity index (χ3n) is 2.98. The highest BCUT2D eigenvalue weighted by Crippen LogP contribution is 2.23. The van der Waals surface area contributed by atoms with E-state index in [-0.39, 0.29) is 6.61 Å². The fraction of sp³-hybridized carbons (Fsp3) is 0.214. The molecule has 2 heterocycles. The third kappa shape index (κ3) is 2.86. The molecule has 0 saturated heterocycles. The summed E-state index contributed by atoms with van der Waals surface area (Å²) in [5, 5.41) is 11.6. The highest BCUT2D eigenvalue weighted by molar-refractivity contribution is 7.05. The largest absolute Gasteiger partial charge is 0.456 e. The Hall–Kier alpha value is -2.61. The van der Waals surface area contributed by atoms with Crippen molar-refractivity contribution in [2.45, 2.75) is 20.5 Å². The summed E-state index contributed by atoms with van der Waals surface area (Å²) in [5.74, 6) is 0.268. The SMILES string of the molecule is Cc1nnc(-c2ccccc2C(=O)OCc2snnc2C)o1. The van der Waals surface area contributed by atoms with Crippen LogP contribution in [0.15, 0.2) is 28.7 Å². The molecule has 0 aliphatic carbocycles. The Labute approximate surface area is 130 Å². The van der Waals surface area contributed by atoms with E-state index in [0.29, 0.717) is 22.9 Å². The van der Waals surface area contributed by atoms with Crippen LogP contribution in [-0.2, 0) is 11.3 Å². The molecule has 0 atom stereocenters. The van der Waals surface area contributed by atoms with Gasteiger partial charge >= 0.3 is 5.97 Å². The molecule has 2 aromatic heterocycles. The number of ether oxygens (including phenoxy) is 1.